The molecule has 1 fully saturated rings. The fourth-order valence-electron chi connectivity index (χ4n) is 4.81. The van der Waals surface area contributed by atoms with Gasteiger partial charge in [-0.15, -0.1) is 0 Å². The zero-order valence-corrected chi connectivity index (χ0v) is 28.3. The Balaban J connectivity index is 0.00000123. The second-order valence-corrected chi connectivity index (χ2v) is 11.1. The molecule has 1 amide bonds. The number of ether oxygens (including phenoxy) is 1. The molecule has 0 aliphatic heterocycles. The van der Waals surface area contributed by atoms with Crippen LogP contribution in [0.25, 0.3) is 10.8 Å². The predicted octanol–water partition coefficient (Wildman–Crippen LogP) is 8.85. The van der Waals surface area contributed by atoms with Gasteiger partial charge in [-0.3, -0.25) is 4.79 Å². The van der Waals surface area contributed by atoms with E-state index in [1.165, 1.54) is 18.9 Å². The number of methoxy groups -OCH3 is 1. The van der Waals surface area contributed by atoms with Crippen molar-refractivity contribution in [2.45, 2.75) is 45.8 Å². The fourth-order valence-corrected chi connectivity index (χ4v) is 4.81. The van der Waals surface area contributed by atoms with Crippen LogP contribution in [0.1, 0.15) is 56.3 Å². The van der Waals surface area contributed by atoms with Gasteiger partial charge in [0.05, 0.1) is 30.4 Å². The molecule has 10 heteroatoms. The third kappa shape index (κ3) is 11.5. The Bertz CT molecular complexity index is 1790. The Morgan fingerprint density at radius 2 is 1.59 bits per heavy atom. The first-order valence-corrected chi connectivity index (χ1v) is 16.2. The number of nitrogens with zero attached hydrogens (tertiary/aromatic N) is 1. The van der Waals surface area contributed by atoms with Gasteiger partial charge in [0.25, 0.3) is 5.91 Å². The standard InChI is InChI=1S/C35H31F3N4O2.C2H7N.C2H6/c1-22(35(36,37)38)15-32(41-29-7-3-5-24(16-29)20-39)34(43)42-30-8-4-6-27(18-30)33(40-21-23-9-10-23)28-12-11-26-19-31(44-2)14-13-25(26)17-28;1-2-3;1-2/h3-8,11-19,23,33,40-41H,1,9-10,21H2,2H3,(H,42,43);2-3H2,1H3;1-2H3/b32-15-;;. The smallest absolute Gasteiger partial charge is 0.415 e. The fraction of sp³-hybridized carbons (Fsp3) is 0.282. The highest BCUT2D eigenvalue weighted by Gasteiger charge is 2.31. The highest BCUT2D eigenvalue weighted by molar-refractivity contribution is 6.06. The van der Waals surface area contributed by atoms with Crippen LogP contribution < -0.4 is 26.4 Å². The van der Waals surface area contributed by atoms with Crippen molar-refractivity contribution in [1.29, 1.82) is 5.26 Å². The third-order valence-electron chi connectivity index (χ3n) is 7.39. The maximum Gasteiger partial charge on any atom is 0.415 e. The number of carbonyl (C=O) groups is 1. The van der Waals surface area contributed by atoms with Crippen LogP contribution in [0.3, 0.4) is 0 Å². The summed E-state index contributed by atoms with van der Waals surface area (Å²) in [7, 11) is 1.63. The number of nitrogens with two attached hydrogens (primary N) is 1. The number of alkyl halides is 3. The summed E-state index contributed by atoms with van der Waals surface area (Å²) in [5.41, 5.74) is 6.18. The maximum atomic E-state index is 13.4. The zero-order valence-electron chi connectivity index (χ0n) is 28.3. The molecule has 0 saturated heterocycles. The van der Waals surface area contributed by atoms with E-state index in [4.69, 9.17) is 10.5 Å². The normalized spacial score (nSPS) is 13.1. The number of rotatable bonds is 11. The van der Waals surface area contributed by atoms with Crippen LogP contribution in [0.4, 0.5) is 24.5 Å². The summed E-state index contributed by atoms with van der Waals surface area (Å²) >= 11 is 0. The predicted molar refractivity (Wildman–Crippen MR) is 192 cm³/mol. The lowest BCUT2D eigenvalue weighted by molar-refractivity contribution is -0.112. The SMILES string of the molecule is C=C(/C=C(\Nc1cccc(C#N)c1)C(=O)Nc1cccc(C(NCC2CC2)c2ccc3cc(OC)ccc3c2)c1)C(F)(F)F.CC.CCN. The minimum Gasteiger partial charge on any atom is -0.497 e. The first-order valence-electron chi connectivity index (χ1n) is 16.2. The van der Waals surface area contributed by atoms with E-state index in [0.29, 0.717) is 17.7 Å². The zero-order chi connectivity index (χ0) is 36.0. The van der Waals surface area contributed by atoms with Crippen molar-refractivity contribution in [3.8, 4) is 11.8 Å². The topological polar surface area (TPSA) is 112 Å². The van der Waals surface area contributed by atoms with E-state index in [1.807, 2.05) is 63.2 Å². The Hall–Kier alpha value is -5.11. The van der Waals surface area contributed by atoms with E-state index in [1.54, 1.807) is 37.4 Å². The molecule has 49 heavy (non-hydrogen) atoms. The lowest BCUT2D eigenvalue weighted by Crippen LogP contribution is -2.25. The summed E-state index contributed by atoms with van der Waals surface area (Å²) in [6.07, 6.45) is -1.72. The molecule has 0 bridgehead atoms. The molecule has 1 atom stereocenters. The number of nitrogens with one attached hydrogen (secondary N) is 3. The summed E-state index contributed by atoms with van der Waals surface area (Å²) in [5.74, 6) is 0.596. The van der Waals surface area contributed by atoms with Gasteiger partial charge in [-0.2, -0.15) is 18.4 Å². The van der Waals surface area contributed by atoms with E-state index in [9.17, 15) is 23.2 Å². The van der Waals surface area contributed by atoms with Crippen molar-refractivity contribution in [3.63, 3.8) is 0 Å². The third-order valence-corrected chi connectivity index (χ3v) is 7.39. The Kier molecular flexibility index (Phi) is 14.4. The van der Waals surface area contributed by atoms with E-state index in [0.717, 1.165) is 40.7 Å². The van der Waals surface area contributed by atoms with Crippen molar-refractivity contribution in [3.05, 3.63) is 126 Å². The molecule has 7 nitrogen and oxygen atoms in total. The van der Waals surface area contributed by atoms with E-state index >= 15 is 0 Å². The molecule has 4 aromatic rings. The number of fused-ring (bicyclic) bond motifs is 1. The number of benzene rings is 4. The molecule has 5 rings (SSSR count). The molecule has 4 aromatic carbocycles. The van der Waals surface area contributed by atoms with Crippen LogP contribution >= 0.6 is 0 Å². The first kappa shape index (κ1) is 38.3. The Morgan fingerprint density at radius 1 is 0.980 bits per heavy atom. The number of hydrogen-bond acceptors (Lipinski definition) is 6. The molecule has 1 aliphatic rings. The maximum absolute atomic E-state index is 13.4. The van der Waals surface area contributed by atoms with Gasteiger partial charge in [-0.25, -0.2) is 0 Å². The van der Waals surface area contributed by atoms with Crippen molar-refractivity contribution >= 4 is 28.1 Å². The van der Waals surface area contributed by atoms with Crippen LogP contribution in [0, 0.1) is 17.2 Å². The second kappa shape index (κ2) is 18.4. The van der Waals surface area contributed by atoms with Gasteiger partial charge in [0.1, 0.15) is 11.4 Å². The molecule has 1 unspecified atom stereocenters. The van der Waals surface area contributed by atoms with Gasteiger partial charge >= 0.3 is 6.18 Å². The average Bonchev–Trinajstić information content (AvgIpc) is 3.93. The van der Waals surface area contributed by atoms with E-state index in [2.05, 4.69) is 34.7 Å². The molecular weight excluding hydrogens is 627 g/mol. The van der Waals surface area contributed by atoms with Crippen LogP contribution in [0.15, 0.2) is 109 Å². The average molecular weight is 672 g/mol. The molecule has 0 spiro atoms. The van der Waals surface area contributed by atoms with Crippen LogP contribution in [0.5, 0.6) is 5.75 Å². The minimum atomic E-state index is -4.73. The molecule has 5 N–H and O–H groups in total. The van der Waals surface area contributed by atoms with Gasteiger partial charge in [0, 0.05) is 11.4 Å². The minimum absolute atomic E-state index is 0.189. The highest BCUT2D eigenvalue weighted by atomic mass is 19.4. The lowest BCUT2D eigenvalue weighted by Gasteiger charge is -2.22. The van der Waals surface area contributed by atoms with Gasteiger partial charge < -0.3 is 26.4 Å². The number of allylic oxidation sites excluding steroid dienone is 2. The largest absolute Gasteiger partial charge is 0.497 e. The molecular formula is C39H44F3N5O2. The lowest BCUT2D eigenvalue weighted by atomic mass is 9.95. The van der Waals surface area contributed by atoms with Gasteiger partial charge in [0.15, 0.2) is 0 Å². The number of amides is 1. The van der Waals surface area contributed by atoms with Gasteiger partial charge in [-0.05, 0) is 108 Å². The van der Waals surface area contributed by atoms with Gasteiger partial charge in [0.2, 0.25) is 0 Å². The van der Waals surface area contributed by atoms with Crippen LogP contribution in [0.2, 0.25) is 0 Å². The Labute approximate surface area is 286 Å². The molecule has 1 saturated carbocycles. The molecule has 0 radical (unpaired) electrons. The number of halogens is 3. The van der Waals surface area contributed by atoms with Gasteiger partial charge in [-0.1, -0.05) is 63.7 Å². The number of nitriles is 1. The summed E-state index contributed by atoms with van der Waals surface area (Å²) in [4.78, 5) is 13.4. The summed E-state index contributed by atoms with van der Waals surface area (Å²) in [5, 5.41) is 20.4. The van der Waals surface area contributed by atoms with Crippen molar-refractivity contribution in [2.75, 3.05) is 30.8 Å². The summed E-state index contributed by atoms with van der Waals surface area (Å²) < 4.78 is 45.5. The highest BCUT2D eigenvalue weighted by Crippen LogP contribution is 2.33. The monoisotopic (exact) mass is 671 g/mol. The molecule has 0 heterocycles. The first-order chi connectivity index (χ1) is 23.5. The van der Waals surface area contributed by atoms with E-state index in [-0.39, 0.29) is 23.0 Å². The number of carbonyl (C=O) groups excluding carboxylic acids is 1. The van der Waals surface area contributed by atoms with Crippen molar-refractivity contribution < 1.29 is 22.7 Å². The Morgan fingerprint density at radius 3 is 2.22 bits per heavy atom. The molecule has 258 valence electrons. The van der Waals surface area contributed by atoms with Crippen molar-refractivity contribution in [1.82, 2.24) is 5.32 Å². The van der Waals surface area contributed by atoms with Crippen LogP contribution in [-0.4, -0.2) is 32.3 Å². The second-order valence-electron chi connectivity index (χ2n) is 11.1. The van der Waals surface area contributed by atoms with E-state index < -0.39 is 17.7 Å². The summed E-state index contributed by atoms with van der Waals surface area (Å²) in [6, 6.07) is 27.2. The number of anilines is 2. The quantitative estimate of drug-likeness (QED) is 0.0937. The molecule has 0 aromatic heterocycles. The molecule has 1 aliphatic carbocycles. The van der Waals surface area contributed by atoms with Crippen LogP contribution in [-0.2, 0) is 4.79 Å². The van der Waals surface area contributed by atoms with Crippen molar-refractivity contribution in [2.24, 2.45) is 11.7 Å². The summed E-state index contributed by atoms with van der Waals surface area (Å²) in [6.45, 7) is 10.6. The number of hydrogen-bond donors (Lipinski definition) is 4.